The summed E-state index contributed by atoms with van der Waals surface area (Å²) in [5, 5.41) is 2.33. The molecule has 8 heteroatoms. The van der Waals surface area contributed by atoms with E-state index in [0.717, 1.165) is 36.0 Å². The summed E-state index contributed by atoms with van der Waals surface area (Å²) in [7, 11) is 0. The number of primary amides is 1. The van der Waals surface area contributed by atoms with Gasteiger partial charge in [0, 0.05) is 24.7 Å². The molecule has 0 bridgehead atoms. The van der Waals surface area contributed by atoms with Crippen LogP contribution in [0.1, 0.15) is 63.2 Å². The minimum absolute atomic E-state index is 0.159. The Bertz CT molecular complexity index is 1070. The highest BCUT2D eigenvalue weighted by molar-refractivity contribution is 6.05. The van der Waals surface area contributed by atoms with Crippen LogP contribution in [0.25, 0.3) is 0 Å². The van der Waals surface area contributed by atoms with Gasteiger partial charge in [-0.1, -0.05) is 18.2 Å². The summed E-state index contributed by atoms with van der Waals surface area (Å²) in [5.41, 5.74) is 9.22. The minimum Gasteiger partial charge on any atom is -0.364 e. The molecule has 0 aliphatic carbocycles. The van der Waals surface area contributed by atoms with E-state index in [9.17, 15) is 19.2 Å². The lowest BCUT2D eigenvalue weighted by molar-refractivity contribution is -0.136. The smallest absolute Gasteiger partial charge is 0.267 e. The van der Waals surface area contributed by atoms with Crippen LogP contribution in [0.2, 0.25) is 0 Å². The number of benzene rings is 1. The van der Waals surface area contributed by atoms with E-state index in [1.54, 1.807) is 23.2 Å². The molecule has 4 rings (SSSR count). The number of aryl methyl sites for hydroxylation is 2. The third-order valence-electron chi connectivity index (χ3n) is 5.95. The third-order valence-corrected chi connectivity index (χ3v) is 5.95. The molecule has 31 heavy (non-hydrogen) atoms. The number of pyridine rings is 1. The van der Waals surface area contributed by atoms with E-state index in [4.69, 9.17) is 5.73 Å². The fraction of sp³-hybridized carbons (Fsp3) is 0.348. The van der Waals surface area contributed by atoms with Crippen LogP contribution in [0.4, 0.5) is 0 Å². The van der Waals surface area contributed by atoms with Gasteiger partial charge in [-0.2, -0.15) is 0 Å². The number of nitrogens with two attached hydrogens (primary N) is 1. The number of nitrogens with zero attached hydrogens (tertiary/aromatic N) is 2. The van der Waals surface area contributed by atoms with E-state index in [0.29, 0.717) is 30.6 Å². The minimum atomic E-state index is -0.608. The Labute approximate surface area is 179 Å². The van der Waals surface area contributed by atoms with Gasteiger partial charge in [0.1, 0.15) is 11.7 Å². The van der Waals surface area contributed by atoms with Gasteiger partial charge in [0.25, 0.3) is 11.8 Å². The van der Waals surface area contributed by atoms with Gasteiger partial charge in [-0.15, -0.1) is 0 Å². The van der Waals surface area contributed by atoms with Gasteiger partial charge < -0.3 is 10.6 Å². The molecule has 2 aliphatic heterocycles. The zero-order valence-corrected chi connectivity index (χ0v) is 17.1. The molecular formula is C23H24N4O4. The maximum absolute atomic E-state index is 12.9. The Morgan fingerprint density at radius 3 is 2.58 bits per heavy atom. The number of rotatable bonds is 7. The monoisotopic (exact) mass is 420 g/mol. The van der Waals surface area contributed by atoms with Crippen LogP contribution in [0.5, 0.6) is 0 Å². The number of aromatic nitrogens is 1. The molecule has 1 aromatic heterocycles. The van der Waals surface area contributed by atoms with Crippen molar-refractivity contribution >= 4 is 23.6 Å². The molecule has 0 saturated carbocycles. The zero-order chi connectivity index (χ0) is 22.0. The van der Waals surface area contributed by atoms with Gasteiger partial charge in [-0.05, 0) is 60.9 Å². The molecule has 3 heterocycles. The Hall–Kier alpha value is -3.55. The third kappa shape index (κ3) is 4.19. The summed E-state index contributed by atoms with van der Waals surface area (Å²) in [6.45, 7) is 0.380. The van der Waals surface area contributed by atoms with Crippen molar-refractivity contribution in [1.82, 2.24) is 15.2 Å². The Morgan fingerprint density at radius 1 is 1.10 bits per heavy atom. The number of piperidine rings is 1. The highest BCUT2D eigenvalue weighted by atomic mass is 16.2. The van der Waals surface area contributed by atoms with E-state index < -0.39 is 17.9 Å². The highest BCUT2D eigenvalue weighted by Gasteiger charge is 2.39. The Kier molecular flexibility index (Phi) is 5.79. The van der Waals surface area contributed by atoms with Gasteiger partial charge in [0.15, 0.2) is 0 Å². The van der Waals surface area contributed by atoms with E-state index in [-0.39, 0.29) is 18.2 Å². The molecule has 1 saturated heterocycles. The summed E-state index contributed by atoms with van der Waals surface area (Å²) >= 11 is 0. The normalized spacial score (nSPS) is 18.1. The van der Waals surface area contributed by atoms with E-state index in [2.05, 4.69) is 10.3 Å². The van der Waals surface area contributed by atoms with Crippen LogP contribution in [-0.4, -0.2) is 39.6 Å². The number of unbranched alkanes of at least 4 members (excludes halogenated alkanes) is 1. The molecule has 0 radical (unpaired) electrons. The summed E-state index contributed by atoms with van der Waals surface area (Å²) < 4.78 is 0. The molecule has 1 aromatic carbocycles. The Morgan fingerprint density at radius 2 is 1.84 bits per heavy atom. The first-order valence-electron chi connectivity index (χ1n) is 10.4. The summed E-state index contributed by atoms with van der Waals surface area (Å²) in [5.74, 6) is -1.38. The van der Waals surface area contributed by atoms with Crippen LogP contribution in [0.15, 0.2) is 36.5 Å². The molecule has 3 N–H and O–H groups in total. The van der Waals surface area contributed by atoms with Crippen LogP contribution in [0, 0.1) is 0 Å². The first-order valence-corrected chi connectivity index (χ1v) is 10.4. The summed E-state index contributed by atoms with van der Waals surface area (Å²) in [4.78, 5) is 53.7. The van der Waals surface area contributed by atoms with Crippen molar-refractivity contribution < 1.29 is 19.2 Å². The van der Waals surface area contributed by atoms with Gasteiger partial charge >= 0.3 is 0 Å². The summed E-state index contributed by atoms with van der Waals surface area (Å²) in [6, 6.07) is 8.72. The van der Waals surface area contributed by atoms with E-state index >= 15 is 0 Å². The molecular weight excluding hydrogens is 396 g/mol. The molecule has 1 unspecified atom stereocenters. The number of hydrogen-bond donors (Lipinski definition) is 2. The van der Waals surface area contributed by atoms with E-state index in [1.807, 2.05) is 18.2 Å². The standard InChI is InChI=1S/C23H24N4O4/c24-21(29)20-15(8-4-12-25-20)6-2-1-5-14-7-3-9-16-17(14)13-27(23(16)31)18-10-11-19(28)26-22(18)30/h3-4,7-9,12,18H,1-2,5-6,10-11,13H2,(H2,24,29)(H,26,28,30). The number of imide groups is 1. The quantitative estimate of drug-likeness (QED) is 0.519. The van der Waals surface area contributed by atoms with Gasteiger partial charge in [-0.25, -0.2) is 0 Å². The van der Waals surface area contributed by atoms with Crippen molar-refractivity contribution in [2.75, 3.05) is 0 Å². The number of nitrogens with one attached hydrogen (secondary N) is 1. The van der Waals surface area contributed by atoms with Crippen molar-refractivity contribution in [3.05, 3.63) is 64.5 Å². The average molecular weight is 420 g/mol. The molecule has 0 spiro atoms. The molecule has 1 atom stereocenters. The predicted molar refractivity (Wildman–Crippen MR) is 112 cm³/mol. The molecule has 1 fully saturated rings. The lowest BCUT2D eigenvalue weighted by Gasteiger charge is -2.29. The largest absolute Gasteiger partial charge is 0.364 e. The van der Waals surface area contributed by atoms with Crippen molar-refractivity contribution in [3.8, 4) is 0 Å². The van der Waals surface area contributed by atoms with E-state index in [1.165, 1.54) is 0 Å². The van der Waals surface area contributed by atoms with Crippen molar-refractivity contribution in [1.29, 1.82) is 0 Å². The van der Waals surface area contributed by atoms with Crippen molar-refractivity contribution in [2.45, 2.75) is 51.1 Å². The number of amides is 4. The fourth-order valence-corrected chi connectivity index (χ4v) is 4.38. The lowest BCUT2D eigenvalue weighted by atomic mass is 9.97. The molecule has 2 aliphatic rings. The number of carbonyl (C=O) groups is 4. The van der Waals surface area contributed by atoms with Gasteiger partial charge in [0.2, 0.25) is 11.8 Å². The lowest BCUT2D eigenvalue weighted by Crippen LogP contribution is -2.52. The van der Waals surface area contributed by atoms with Gasteiger partial charge in [-0.3, -0.25) is 29.5 Å². The topological polar surface area (TPSA) is 122 Å². The van der Waals surface area contributed by atoms with Crippen LogP contribution >= 0.6 is 0 Å². The van der Waals surface area contributed by atoms with Gasteiger partial charge in [0.05, 0.1) is 0 Å². The van der Waals surface area contributed by atoms with Crippen LogP contribution < -0.4 is 11.1 Å². The number of hydrogen-bond acceptors (Lipinski definition) is 5. The first-order chi connectivity index (χ1) is 15.0. The SMILES string of the molecule is NC(=O)c1ncccc1CCCCc1cccc2c1CN(C1CCC(=O)NC1=O)C2=O. The predicted octanol–water partition coefficient (Wildman–Crippen LogP) is 1.51. The second kappa shape index (κ2) is 8.67. The molecule has 4 amide bonds. The molecule has 8 nitrogen and oxygen atoms in total. The van der Waals surface area contributed by atoms with Crippen LogP contribution in [0.3, 0.4) is 0 Å². The molecule has 160 valence electrons. The Balaban J connectivity index is 1.41. The second-order valence-corrected chi connectivity index (χ2v) is 7.93. The maximum Gasteiger partial charge on any atom is 0.267 e. The molecule has 2 aromatic rings. The maximum atomic E-state index is 12.9. The highest BCUT2D eigenvalue weighted by Crippen LogP contribution is 2.30. The van der Waals surface area contributed by atoms with Crippen LogP contribution in [-0.2, 0) is 29.0 Å². The number of fused-ring (bicyclic) bond motifs is 1. The number of carbonyl (C=O) groups excluding carboxylic acids is 4. The fourth-order valence-electron chi connectivity index (χ4n) is 4.38. The van der Waals surface area contributed by atoms with Crippen molar-refractivity contribution in [2.24, 2.45) is 5.73 Å². The average Bonchev–Trinajstić information content (AvgIpc) is 3.08. The summed E-state index contributed by atoms with van der Waals surface area (Å²) in [6.07, 6.45) is 5.35. The second-order valence-electron chi connectivity index (χ2n) is 7.93. The first kappa shape index (κ1) is 20.7. The van der Waals surface area contributed by atoms with Crippen molar-refractivity contribution in [3.63, 3.8) is 0 Å². The zero-order valence-electron chi connectivity index (χ0n) is 17.1.